The molecule has 2 aromatic rings. The Morgan fingerprint density at radius 2 is 2.14 bits per heavy atom. The van der Waals surface area contributed by atoms with Gasteiger partial charge in [0.1, 0.15) is 17.0 Å². The van der Waals surface area contributed by atoms with Crippen molar-refractivity contribution in [2.75, 3.05) is 25.4 Å². The number of halogens is 1. The zero-order chi connectivity index (χ0) is 15.7. The van der Waals surface area contributed by atoms with E-state index < -0.39 is 5.82 Å². The SMILES string of the molecule is CC(C)N1CCC(COc2cc(F)c3c(N)noc3c2)CC1. The number of hydrogen-bond acceptors (Lipinski definition) is 5. The lowest BCUT2D eigenvalue weighted by atomic mass is 9.97. The van der Waals surface area contributed by atoms with Gasteiger partial charge in [0.25, 0.3) is 0 Å². The standard InChI is InChI=1S/C16H22FN3O2/c1-10(2)20-5-3-11(4-6-20)9-21-12-7-13(17)15-14(8-12)22-19-16(15)18/h7-8,10-11H,3-6,9H2,1-2H3,(H2,18,19). The molecule has 1 aromatic heterocycles. The van der Waals surface area contributed by atoms with Crippen LogP contribution in [0.1, 0.15) is 26.7 Å². The van der Waals surface area contributed by atoms with Crippen LogP contribution in [-0.4, -0.2) is 35.8 Å². The summed E-state index contributed by atoms with van der Waals surface area (Å²) in [4.78, 5) is 2.47. The van der Waals surface area contributed by atoms with Crippen molar-refractivity contribution >= 4 is 16.8 Å². The van der Waals surface area contributed by atoms with E-state index in [1.807, 2.05) is 0 Å². The number of nitrogen functional groups attached to an aromatic ring is 1. The summed E-state index contributed by atoms with van der Waals surface area (Å²) in [5, 5.41) is 3.79. The molecular weight excluding hydrogens is 285 g/mol. The molecule has 0 atom stereocenters. The number of nitrogens with two attached hydrogens (primary N) is 1. The molecule has 120 valence electrons. The van der Waals surface area contributed by atoms with E-state index in [1.165, 1.54) is 6.07 Å². The normalized spacial score (nSPS) is 17.5. The molecule has 0 saturated carbocycles. The van der Waals surface area contributed by atoms with Gasteiger partial charge in [-0.05, 0) is 45.7 Å². The van der Waals surface area contributed by atoms with Crippen molar-refractivity contribution in [1.82, 2.24) is 10.1 Å². The Kier molecular flexibility index (Phi) is 4.20. The van der Waals surface area contributed by atoms with Crippen LogP contribution in [0.3, 0.4) is 0 Å². The molecule has 1 fully saturated rings. The average Bonchev–Trinajstić information content (AvgIpc) is 2.87. The molecule has 5 nitrogen and oxygen atoms in total. The summed E-state index contributed by atoms with van der Waals surface area (Å²) in [7, 11) is 0. The van der Waals surface area contributed by atoms with Crippen LogP contribution in [0.15, 0.2) is 16.7 Å². The predicted octanol–water partition coefficient (Wildman–Crippen LogP) is 3.05. The Bertz CT molecular complexity index is 648. The van der Waals surface area contributed by atoms with E-state index in [1.54, 1.807) is 6.07 Å². The van der Waals surface area contributed by atoms with Crippen LogP contribution in [0, 0.1) is 11.7 Å². The predicted molar refractivity (Wildman–Crippen MR) is 83.3 cm³/mol. The number of anilines is 1. The Morgan fingerprint density at radius 3 is 2.82 bits per heavy atom. The molecule has 1 aliphatic rings. The molecule has 0 unspecified atom stereocenters. The fourth-order valence-electron chi connectivity index (χ4n) is 2.96. The zero-order valence-corrected chi connectivity index (χ0v) is 13.0. The van der Waals surface area contributed by atoms with Crippen LogP contribution in [0.4, 0.5) is 10.2 Å². The second-order valence-corrected chi connectivity index (χ2v) is 6.23. The summed E-state index contributed by atoms with van der Waals surface area (Å²) in [6.45, 7) is 7.23. The van der Waals surface area contributed by atoms with Gasteiger partial charge < -0.3 is 19.9 Å². The second-order valence-electron chi connectivity index (χ2n) is 6.23. The van der Waals surface area contributed by atoms with Crippen LogP contribution < -0.4 is 10.5 Å². The molecule has 3 rings (SSSR count). The molecule has 0 bridgehead atoms. The van der Waals surface area contributed by atoms with Crippen molar-refractivity contribution in [1.29, 1.82) is 0 Å². The molecule has 2 heterocycles. The van der Waals surface area contributed by atoms with Crippen molar-refractivity contribution < 1.29 is 13.7 Å². The smallest absolute Gasteiger partial charge is 0.177 e. The number of benzene rings is 1. The molecule has 1 aromatic carbocycles. The highest BCUT2D eigenvalue weighted by atomic mass is 19.1. The highest BCUT2D eigenvalue weighted by Crippen LogP contribution is 2.29. The van der Waals surface area contributed by atoms with E-state index in [-0.39, 0.29) is 11.2 Å². The lowest BCUT2D eigenvalue weighted by Crippen LogP contribution is -2.39. The van der Waals surface area contributed by atoms with Gasteiger partial charge in [-0.3, -0.25) is 0 Å². The monoisotopic (exact) mass is 307 g/mol. The summed E-state index contributed by atoms with van der Waals surface area (Å²) in [5.41, 5.74) is 5.89. The third-order valence-corrected chi connectivity index (χ3v) is 4.39. The maximum absolute atomic E-state index is 14.0. The van der Waals surface area contributed by atoms with Crippen LogP contribution in [-0.2, 0) is 0 Å². The minimum Gasteiger partial charge on any atom is -0.493 e. The largest absolute Gasteiger partial charge is 0.493 e. The van der Waals surface area contributed by atoms with Crippen LogP contribution in [0.2, 0.25) is 0 Å². The van der Waals surface area contributed by atoms with E-state index in [0.29, 0.717) is 29.9 Å². The molecule has 1 saturated heterocycles. The van der Waals surface area contributed by atoms with Gasteiger partial charge in [-0.1, -0.05) is 5.16 Å². The van der Waals surface area contributed by atoms with Gasteiger partial charge in [0.15, 0.2) is 11.4 Å². The lowest BCUT2D eigenvalue weighted by molar-refractivity contribution is 0.119. The van der Waals surface area contributed by atoms with Crippen molar-refractivity contribution in [3.05, 3.63) is 17.9 Å². The first-order valence-corrected chi connectivity index (χ1v) is 7.76. The fraction of sp³-hybridized carbons (Fsp3) is 0.562. The third kappa shape index (κ3) is 3.02. The van der Waals surface area contributed by atoms with E-state index >= 15 is 0 Å². The van der Waals surface area contributed by atoms with Gasteiger partial charge >= 0.3 is 0 Å². The van der Waals surface area contributed by atoms with Crippen molar-refractivity contribution in [3.63, 3.8) is 0 Å². The number of aromatic nitrogens is 1. The molecule has 22 heavy (non-hydrogen) atoms. The van der Waals surface area contributed by atoms with Gasteiger partial charge in [-0.25, -0.2) is 4.39 Å². The van der Waals surface area contributed by atoms with Crippen LogP contribution in [0.25, 0.3) is 11.0 Å². The van der Waals surface area contributed by atoms with Gasteiger partial charge in [-0.15, -0.1) is 0 Å². The van der Waals surface area contributed by atoms with Crippen molar-refractivity contribution in [2.45, 2.75) is 32.7 Å². The number of ether oxygens (including phenoxy) is 1. The zero-order valence-electron chi connectivity index (χ0n) is 13.0. The molecule has 0 amide bonds. The fourth-order valence-corrected chi connectivity index (χ4v) is 2.96. The number of nitrogens with zero attached hydrogens (tertiary/aromatic N) is 2. The van der Waals surface area contributed by atoms with E-state index in [4.69, 9.17) is 15.0 Å². The third-order valence-electron chi connectivity index (χ3n) is 4.39. The van der Waals surface area contributed by atoms with Gasteiger partial charge in [-0.2, -0.15) is 0 Å². The molecule has 0 spiro atoms. The number of hydrogen-bond donors (Lipinski definition) is 1. The first-order valence-electron chi connectivity index (χ1n) is 7.76. The topological polar surface area (TPSA) is 64.5 Å². The first kappa shape index (κ1) is 15.1. The van der Waals surface area contributed by atoms with E-state index in [2.05, 4.69) is 23.9 Å². The number of piperidine rings is 1. The average molecular weight is 307 g/mol. The lowest BCUT2D eigenvalue weighted by Gasteiger charge is -2.34. The van der Waals surface area contributed by atoms with Crippen molar-refractivity contribution in [2.24, 2.45) is 5.92 Å². The summed E-state index contributed by atoms with van der Waals surface area (Å²) < 4.78 is 24.7. The Hall–Kier alpha value is -1.82. The molecule has 6 heteroatoms. The van der Waals surface area contributed by atoms with Crippen LogP contribution in [0.5, 0.6) is 5.75 Å². The van der Waals surface area contributed by atoms with Gasteiger partial charge in [0.05, 0.1) is 6.61 Å². The summed E-state index contributed by atoms with van der Waals surface area (Å²) >= 11 is 0. The van der Waals surface area contributed by atoms with Crippen molar-refractivity contribution in [3.8, 4) is 5.75 Å². The summed E-state index contributed by atoms with van der Waals surface area (Å²) in [6.07, 6.45) is 2.22. The number of likely N-dealkylation sites (tertiary alicyclic amines) is 1. The van der Waals surface area contributed by atoms with E-state index in [9.17, 15) is 4.39 Å². The molecular formula is C16H22FN3O2. The second kappa shape index (κ2) is 6.12. The number of fused-ring (bicyclic) bond motifs is 1. The number of rotatable bonds is 4. The highest BCUT2D eigenvalue weighted by molar-refractivity contribution is 5.88. The summed E-state index contributed by atoms with van der Waals surface area (Å²) in [6, 6.07) is 3.58. The van der Waals surface area contributed by atoms with E-state index in [0.717, 1.165) is 25.9 Å². The Labute approximate surface area is 129 Å². The first-order chi connectivity index (χ1) is 10.5. The van der Waals surface area contributed by atoms with Gasteiger partial charge in [0.2, 0.25) is 0 Å². The minimum absolute atomic E-state index is 0.0695. The van der Waals surface area contributed by atoms with Gasteiger partial charge in [0, 0.05) is 18.2 Å². The van der Waals surface area contributed by atoms with Crippen LogP contribution >= 0.6 is 0 Å². The quantitative estimate of drug-likeness (QED) is 0.940. The maximum Gasteiger partial charge on any atom is 0.177 e. The molecule has 2 N–H and O–H groups in total. The minimum atomic E-state index is -0.458. The maximum atomic E-state index is 14.0. The molecule has 0 aliphatic carbocycles. The highest BCUT2D eigenvalue weighted by Gasteiger charge is 2.21. The summed E-state index contributed by atoms with van der Waals surface area (Å²) in [5.74, 6) is 0.585. The molecule has 1 aliphatic heterocycles. The Morgan fingerprint density at radius 1 is 1.41 bits per heavy atom. The Balaban J connectivity index is 1.60. The molecule has 0 radical (unpaired) electrons.